The van der Waals surface area contributed by atoms with Crippen molar-refractivity contribution < 1.29 is 17.9 Å². The SMILES string of the molecule is CCOc1ccc(NC(=O)C2CCS(=O)(=O)C2)cc1CCl. The normalized spacial score (nSPS) is 20.2. The Morgan fingerprint density at radius 3 is 2.81 bits per heavy atom. The van der Waals surface area contributed by atoms with Crippen molar-refractivity contribution in [1.82, 2.24) is 0 Å². The lowest BCUT2D eigenvalue weighted by Gasteiger charge is -2.13. The highest BCUT2D eigenvalue weighted by Crippen LogP contribution is 2.26. The van der Waals surface area contributed by atoms with Gasteiger partial charge in [0.25, 0.3) is 0 Å². The molecule has 5 nitrogen and oxygen atoms in total. The van der Waals surface area contributed by atoms with E-state index < -0.39 is 15.8 Å². The molecule has 116 valence electrons. The van der Waals surface area contributed by atoms with E-state index in [-0.39, 0.29) is 23.3 Å². The van der Waals surface area contributed by atoms with Gasteiger partial charge in [-0.1, -0.05) is 0 Å². The molecule has 1 aliphatic rings. The Bertz CT molecular complexity index is 630. The quantitative estimate of drug-likeness (QED) is 0.839. The number of hydrogen-bond acceptors (Lipinski definition) is 4. The number of hydrogen-bond donors (Lipinski definition) is 1. The molecule has 7 heteroatoms. The largest absolute Gasteiger partial charge is 0.494 e. The highest BCUT2D eigenvalue weighted by Gasteiger charge is 2.32. The van der Waals surface area contributed by atoms with Crippen molar-refractivity contribution in [2.45, 2.75) is 19.2 Å². The highest BCUT2D eigenvalue weighted by atomic mass is 35.5. The average Bonchev–Trinajstić information content (AvgIpc) is 2.81. The molecular weight excluding hydrogens is 314 g/mol. The molecule has 0 saturated carbocycles. The van der Waals surface area contributed by atoms with Crippen LogP contribution in [0.4, 0.5) is 5.69 Å². The number of anilines is 1. The van der Waals surface area contributed by atoms with E-state index >= 15 is 0 Å². The maximum atomic E-state index is 12.1. The van der Waals surface area contributed by atoms with Gasteiger partial charge in [-0.15, -0.1) is 11.6 Å². The van der Waals surface area contributed by atoms with Gasteiger partial charge in [-0.05, 0) is 31.5 Å². The lowest BCUT2D eigenvalue weighted by Crippen LogP contribution is -2.23. The maximum absolute atomic E-state index is 12.1. The first-order valence-corrected chi connectivity index (χ1v) is 9.13. The number of sulfone groups is 1. The van der Waals surface area contributed by atoms with Crippen LogP contribution < -0.4 is 10.1 Å². The summed E-state index contributed by atoms with van der Waals surface area (Å²) in [5, 5.41) is 2.75. The predicted molar refractivity (Wildman–Crippen MR) is 82.6 cm³/mol. The van der Waals surface area contributed by atoms with E-state index in [1.165, 1.54) is 0 Å². The molecule has 0 aromatic heterocycles. The Hall–Kier alpha value is -1.27. The van der Waals surface area contributed by atoms with E-state index in [0.29, 0.717) is 24.5 Å². The second-order valence-electron chi connectivity index (χ2n) is 4.98. The van der Waals surface area contributed by atoms with Crippen LogP contribution in [0, 0.1) is 5.92 Å². The van der Waals surface area contributed by atoms with E-state index in [9.17, 15) is 13.2 Å². The first-order chi connectivity index (χ1) is 9.95. The van der Waals surface area contributed by atoms with Gasteiger partial charge in [0.15, 0.2) is 9.84 Å². The zero-order chi connectivity index (χ0) is 15.5. The first kappa shape index (κ1) is 16.1. The Morgan fingerprint density at radius 1 is 1.48 bits per heavy atom. The summed E-state index contributed by atoms with van der Waals surface area (Å²) in [4.78, 5) is 12.1. The highest BCUT2D eigenvalue weighted by molar-refractivity contribution is 7.91. The Labute approximate surface area is 129 Å². The smallest absolute Gasteiger partial charge is 0.228 e. The van der Waals surface area contributed by atoms with Gasteiger partial charge in [0.05, 0.1) is 29.9 Å². The van der Waals surface area contributed by atoms with Crippen LogP contribution in [0.15, 0.2) is 18.2 Å². The van der Waals surface area contributed by atoms with Crippen molar-refractivity contribution >= 4 is 33.0 Å². The number of ether oxygens (including phenoxy) is 1. The number of benzene rings is 1. The van der Waals surface area contributed by atoms with Crippen molar-refractivity contribution in [3.8, 4) is 5.75 Å². The summed E-state index contributed by atoms with van der Waals surface area (Å²) in [6, 6.07) is 5.23. The molecule has 0 aliphatic carbocycles. The molecule has 1 saturated heterocycles. The van der Waals surface area contributed by atoms with Gasteiger partial charge in [0.1, 0.15) is 5.75 Å². The van der Waals surface area contributed by atoms with Gasteiger partial charge in [0, 0.05) is 11.3 Å². The molecule has 1 heterocycles. The number of carbonyl (C=O) groups is 1. The fraction of sp³-hybridized carbons (Fsp3) is 0.500. The monoisotopic (exact) mass is 331 g/mol. The van der Waals surface area contributed by atoms with Crippen molar-refractivity contribution in [3.05, 3.63) is 23.8 Å². The van der Waals surface area contributed by atoms with Crippen molar-refractivity contribution in [2.24, 2.45) is 5.92 Å². The Balaban J connectivity index is 2.07. The summed E-state index contributed by atoms with van der Waals surface area (Å²) in [6.07, 6.45) is 0.382. The molecule has 1 fully saturated rings. The van der Waals surface area contributed by atoms with Gasteiger partial charge < -0.3 is 10.1 Å². The topological polar surface area (TPSA) is 72.5 Å². The maximum Gasteiger partial charge on any atom is 0.228 e. The second kappa shape index (κ2) is 6.66. The minimum Gasteiger partial charge on any atom is -0.494 e. The van der Waals surface area contributed by atoms with Gasteiger partial charge in [-0.25, -0.2) is 8.42 Å². The van der Waals surface area contributed by atoms with Gasteiger partial charge in [0.2, 0.25) is 5.91 Å². The second-order valence-corrected chi connectivity index (χ2v) is 7.47. The van der Waals surface area contributed by atoms with Crippen LogP contribution in [0.2, 0.25) is 0 Å². The molecule has 0 bridgehead atoms. The summed E-state index contributed by atoms with van der Waals surface area (Å²) in [6.45, 7) is 2.42. The zero-order valence-corrected chi connectivity index (χ0v) is 13.3. The average molecular weight is 332 g/mol. The first-order valence-electron chi connectivity index (χ1n) is 6.78. The summed E-state index contributed by atoms with van der Waals surface area (Å²) >= 11 is 5.87. The van der Waals surface area contributed by atoms with Crippen LogP contribution in [0.25, 0.3) is 0 Å². The molecule has 21 heavy (non-hydrogen) atoms. The van der Waals surface area contributed by atoms with Crippen LogP contribution in [-0.2, 0) is 20.5 Å². The molecule has 0 radical (unpaired) electrons. The molecule has 1 aromatic carbocycles. The zero-order valence-electron chi connectivity index (χ0n) is 11.8. The molecule has 0 spiro atoms. The van der Waals surface area contributed by atoms with Crippen LogP contribution in [-0.4, -0.2) is 32.4 Å². The lowest BCUT2D eigenvalue weighted by atomic mass is 10.1. The molecule has 1 aliphatic heterocycles. The van der Waals surface area contributed by atoms with E-state index in [0.717, 1.165) is 5.56 Å². The minimum atomic E-state index is -3.06. The van der Waals surface area contributed by atoms with E-state index in [1.807, 2.05) is 6.92 Å². The molecule has 1 amide bonds. The van der Waals surface area contributed by atoms with E-state index in [2.05, 4.69) is 5.32 Å². The number of carbonyl (C=O) groups excluding carboxylic acids is 1. The summed E-state index contributed by atoms with van der Waals surface area (Å²) in [7, 11) is -3.06. The van der Waals surface area contributed by atoms with Crippen molar-refractivity contribution in [2.75, 3.05) is 23.4 Å². The summed E-state index contributed by atoms with van der Waals surface area (Å²) in [5.41, 5.74) is 1.39. The van der Waals surface area contributed by atoms with Crippen LogP contribution in [0.3, 0.4) is 0 Å². The van der Waals surface area contributed by atoms with Crippen LogP contribution in [0.5, 0.6) is 5.75 Å². The number of alkyl halides is 1. The Kier molecular flexibility index (Phi) is 5.11. The van der Waals surface area contributed by atoms with Gasteiger partial charge in [-0.2, -0.15) is 0 Å². The molecule has 1 unspecified atom stereocenters. The molecule has 1 aromatic rings. The molecular formula is C14H18ClNO4S. The third kappa shape index (κ3) is 4.11. The fourth-order valence-electron chi connectivity index (χ4n) is 2.30. The van der Waals surface area contributed by atoms with Gasteiger partial charge >= 0.3 is 0 Å². The molecule has 1 atom stereocenters. The van der Waals surface area contributed by atoms with Crippen molar-refractivity contribution in [1.29, 1.82) is 0 Å². The number of halogens is 1. The van der Waals surface area contributed by atoms with E-state index in [4.69, 9.17) is 16.3 Å². The fourth-order valence-corrected chi connectivity index (χ4v) is 4.25. The molecule has 2 rings (SSSR count). The third-order valence-corrected chi connectivity index (χ3v) is 5.43. The third-order valence-electron chi connectivity index (χ3n) is 3.38. The lowest BCUT2D eigenvalue weighted by molar-refractivity contribution is -0.119. The minimum absolute atomic E-state index is 0.0712. The number of rotatable bonds is 5. The van der Waals surface area contributed by atoms with Crippen molar-refractivity contribution in [3.63, 3.8) is 0 Å². The summed E-state index contributed by atoms with van der Waals surface area (Å²) < 4.78 is 28.2. The summed E-state index contributed by atoms with van der Waals surface area (Å²) in [5.74, 6) is 0.242. The Morgan fingerprint density at radius 2 is 2.24 bits per heavy atom. The van der Waals surface area contributed by atoms with Gasteiger partial charge in [-0.3, -0.25) is 4.79 Å². The molecule has 1 N–H and O–H groups in total. The van der Waals surface area contributed by atoms with E-state index in [1.54, 1.807) is 18.2 Å². The predicted octanol–water partition coefficient (Wildman–Crippen LogP) is 2.20. The van der Waals surface area contributed by atoms with Crippen LogP contribution in [0.1, 0.15) is 18.9 Å². The van der Waals surface area contributed by atoms with Crippen LogP contribution >= 0.6 is 11.6 Å². The number of amides is 1. The number of nitrogens with one attached hydrogen (secondary N) is 1. The standard InChI is InChI=1S/C14H18ClNO4S/c1-2-20-13-4-3-12(7-11(13)8-15)16-14(17)10-5-6-21(18,19)9-10/h3-4,7,10H,2,5-6,8-9H2,1H3,(H,16,17).